The third-order valence-corrected chi connectivity index (χ3v) is 7.27. The van der Waals surface area contributed by atoms with Crippen molar-refractivity contribution in [2.45, 2.75) is 56.3 Å². The number of aliphatic carboxylic acids is 1. The van der Waals surface area contributed by atoms with Crippen LogP contribution in [0.2, 0.25) is 0 Å². The molecule has 0 aliphatic rings. The smallest absolute Gasteiger partial charge is 0.326 e. The number of carboxylic acid groups (broad SMARTS) is 1. The molecule has 2 aromatic heterocycles. The topological polar surface area (TPSA) is 238 Å². The second-order valence-electron chi connectivity index (χ2n) is 10.7. The number of aromatic amines is 2. The summed E-state index contributed by atoms with van der Waals surface area (Å²) in [5.74, 6) is -4.15. The van der Waals surface area contributed by atoms with E-state index in [0.29, 0.717) is 11.3 Å². The molecule has 4 amide bonds. The van der Waals surface area contributed by atoms with E-state index in [1.165, 1.54) is 12.5 Å². The van der Waals surface area contributed by atoms with Crippen LogP contribution in [-0.4, -0.2) is 73.8 Å². The lowest BCUT2D eigenvalue weighted by molar-refractivity contribution is -0.142. The van der Waals surface area contributed by atoms with E-state index in [1.54, 1.807) is 6.20 Å². The number of carbonyl (C=O) groups is 5. The quantitative estimate of drug-likeness (QED) is 0.0854. The summed E-state index contributed by atoms with van der Waals surface area (Å²) < 4.78 is 0. The van der Waals surface area contributed by atoms with Crippen LogP contribution in [0.15, 0.2) is 73.3 Å². The van der Waals surface area contributed by atoms with Gasteiger partial charge in [-0.05, 0) is 30.0 Å². The van der Waals surface area contributed by atoms with Crippen molar-refractivity contribution in [3.63, 3.8) is 0 Å². The number of nitrogens with zero attached hydrogens (tertiary/aromatic N) is 1. The normalized spacial score (nSPS) is 13.7. The third kappa shape index (κ3) is 9.24. The first-order chi connectivity index (χ1) is 21.6. The summed E-state index contributed by atoms with van der Waals surface area (Å²) in [4.78, 5) is 73.5. The van der Waals surface area contributed by atoms with Crippen molar-refractivity contribution in [2.24, 2.45) is 11.5 Å². The lowest BCUT2D eigenvalue weighted by Gasteiger charge is -2.25. The van der Waals surface area contributed by atoms with E-state index in [1.807, 2.05) is 54.6 Å². The zero-order valence-electron chi connectivity index (χ0n) is 24.4. The highest BCUT2D eigenvalue weighted by Gasteiger charge is 2.31. The highest BCUT2D eigenvalue weighted by Crippen LogP contribution is 2.19. The van der Waals surface area contributed by atoms with Gasteiger partial charge in [0.2, 0.25) is 23.6 Å². The molecule has 236 valence electrons. The van der Waals surface area contributed by atoms with Gasteiger partial charge in [0.05, 0.1) is 12.4 Å². The van der Waals surface area contributed by atoms with Gasteiger partial charge in [-0.25, -0.2) is 9.78 Å². The molecule has 4 rings (SSSR count). The first-order valence-electron chi connectivity index (χ1n) is 14.3. The summed E-state index contributed by atoms with van der Waals surface area (Å²) in [6.45, 7) is 0. The molecule has 2 heterocycles. The number of aromatic nitrogens is 3. The van der Waals surface area contributed by atoms with Crippen LogP contribution in [0.4, 0.5) is 0 Å². The maximum atomic E-state index is 13.8. The number of carbonyl (C=O) groups excluding carboxylic acids is 4. The lowest BCUT2D eigenvalue weighted by Crippen LogP contribution is -2.58. The zero-order valence-corrected chi connectivity index (χ0v) is 24.4. The van der Waals surface area contributed by atoms with Crippen LogP contribution in [0.25, 0.3) is 10.9 Å². The van der Waals surface area contributed by atoms with Crippen molar-refractivity contribution < 1.29 is 29.1 Å². The van der Waals surface area contributed by atoms with E-state index in [9.17, 15) is 29.1 Å². The van der Waals surface area contributed by atoms with E-state index in [2.05, 4.69) is 30.9 Å². The first-order valence-corrected chi connectivity index (χ1v) is 14.3. The molecule has 4 atom stereocenters. The number of para-hydroxylation sites is 1. The summed E-state index contributed by atoms with van der Waals surface area (Å²) in [5.41, 5.74) is 14.2. The van der Waals surface area contributed by atoms with Crippen LogP contribution >= 0.6 is 0 Å². The molecule has 0 bridgehead atoms. The van der Waals surface area contributed by atoms with Gasteiger partial charge in [-0.1, -0.05) is 48.5 Å². The number of imidazole rings is 1. The Labute approximate surface area is 258 Å². The van der Waals surface area contributed by atoms with Gasteiger partial charge in [-0.3, -0.25) is 19.2 Å². The van der Waals surface area contributed by atoms with Crippen molar-refractivity contribution in [1.29, 1.82) is 0 Å². The van der Waals surface area contributed by atoms with Gasteiger partial charge in [-0.2, -0.15) is 0 Å². The molecular weight excluding hydrogens is 580 g/mol. The minimum atomic E-state index is -1.43. The number of benzene rings is 2. The monoisotopic (exact) mass is 616 g/mol. The second-order valence-corrected chi connectivity index (χ2v) is 10.7. The van der Waals surface area contributed by atoms with Gasteiger partial charge in [-0.15, -0.1) is 0 Å². The Morgan fingerprint density at radius 2 is 1.44 bits per heavy atom. The number of fused-ring (bicyclic) bond motifs is 1. The lowest BCUT2D eigenvalue weighted by atomic mass is 10.0. The summed E-state index contributed by atoms with van der Waals surface area (Å²) in [5, 5.41) is 18.3. The van der Waals surface area contributed by atoms with Crippen LogP contribution in [0.5, 0.6) is 0 Å². The van der Waals surface area contributed by atoms with Gasteiger partial charge in [0.1, 0.15) is 18.1 Å². The van der Waals surface area contributed by atoms with Crippen molar-refractivity contribution in [3.05, 3.63) is 90.1 Å². The molecule has 0 saturated heterocycles. The fourth-order valence-electron chi connectivity index (χ4n) is 4.88. The van der Waals surface area contributed by atoms with Crippen LogP contribution < -0.4 is 27.4 Å². The average molecular weight is 617 g/mol. The highest BCUT2D eigenvalue weighted by atomic mass is 16.4. The molecule has 0 saturated carbocycles. The minimum Gasteiger partial charge on any atom is -0.480 e. The number of amides is 4. The summed E-state index contributed by atoms with van der Waals surface area (Å²) >= 11 is 0. The fraction of sp³-hybridized carbons (Fsp3) is 0.290. The van der Waals surface area contributed by atoms with Crippen LogP contribution in [0, 0.1) is 0 Å². The molecule has 14 heteroatoms. The van der Waals surface area contributed by atoms with Gasteiger partial charge >= 0.3 is 5.97 Å². The Bertz CT molecular complexity index is 1620. The van der Waals surface area contributed by atoms with Crippen LogP contribution in [-0.2, 0) is 43.2 Å². The molecule has 2 aromatic carbocycles. The maximum Gasteiger partial charge on any atom is 0.326 e. The van der Waals surface area contributed by atoms with E-state index >= 15 is 0 Å². The SMILES string of the molecule is NC(=O)CCC(NC(=O)C(Cc1c[nH]c2ccccc12)NC(=O)C(Cc1cnc[nH]1)NC(=O)C(N)Cc1ccccc1)C(=O)O. The molecule has 0 spiro atoms. The number of hydrogen-bond acceptors (Lipinski definition) is 7. The van der Waals surface area contributed by atoms with Crippen molar-refractivity contribution >= 4 is 40.5 Å². The van der Waals surface area contributed by atoms with Crippen LogP contribution in [0.3, 0.4) is 0 Å². The predicted octanol–water partition coefficient (Wildman–Crippen LogP) is 0.0507. The largest absolute Gasteiger partial charge is 0.480 e. The first kappa shape index (κ1) is 32.4. The van der Waals surface area contributed by atoms with E-state index in [0.717, 1.165) is 16.5 Å². The van der Waals surface area contributed by atoms with Gasteiger partial charge in [0.15, 0.2) is 0 Å². The third-order valence-electron chi connectivity index (χ3n) is 7.27. The van der Waals surface area contributed by atoms with Gasteiger partial charge < -0.3 is 42.5 Å². The van der Waals surface area contributed by atoms with E-state index < -0.39 is 53.8 Å². The highest BCUT2D eigenvalue weighted by molar-refractivity contribution is 5.95. The number of nitrogens with two attached hydrogens (primary N) is 2. The van der Waals surface area contributed by atoms with Gasteiger partial charge in [0.25, 0.3) is 0 Å². The molecule has 4 unspecified atom stereocenters. The molecule has 0 aliphatic heterocycles. The Balaban J connectivity index is 1.56. The number of H-pyrrole nitrogens is 2. The molecular formula is C31H36N8O6. The predicted molar refractivity (Wildman–Crippen MR) is 164 cm³/mol. The molecule has 14 nitrogen and oxygen atoms in total. The molecule has 0 aliphatic carbocycles. The summed E-state index contributed by atoms with van der Waals surface area (Å²) in [7, 11) is 0. The summed E-state index contributed by atoms with van der Waals surface area (Å²) in [6.07, 6.45) is 4.36. The maximum absolute atomic E-state index is 13.8. The number of primary amides is 1. The Morgan fingerprint density at radius 1 is 0.800 bits per heavy atom. The molecule has 10 N–H and O–H groups in total. The second kappa shape index (κ2) is 15.3. The molecule has 4 aromatic rings. The Morgan fingerprint density at radius 3 is 2.11 bits per heavy atom. The van der Waals surface area contributed by atoms with Crippen molar-refractivity contribution in [1.82, 2.24) is 30.9 Å². The number of rotatable bonds is 16. The molecule has 0 radical (unpaired) electrons. The van der Waals surface area contributed by atoms with Gasteiger partial charge in [0, 0.05) is 48.3 Å². The Kier molecular flexibility index (Phi) is 11.0. The van der Waals surface area contributed by atoms with E-state index in [-0.39, 0.29) is 32.1 Å². The number of carboxylic acids is 1. The fourth-order valence-corrected chi connectivity index (χ4v) is 4.88. The van der Waals surface area contributed by atoms with Crippen molar-refractivity contribution in [2.75, 3.05) is 0 Å². The standard InChI is InChI=1S/C31H36N8O6/c32-22(12-18-6-2-1-3-7-18)28(41)38-26(14-20-16-34-17-36-20)30(43)39-25(13-19-15-35-23-9-5-4-8-21(19)23)29(42)37-24(31(44)45)10-11-27(33)40/h1-9,15-17,22,24-26,35H,10-14,32H2,(H2,33,40)(H,34,36)(H,37,42)(H,38,41)(H,39,43)(H,44,45). The number of hydrogen-bond donors (Lipinski definition) is 8. The molecule has 0 fully saturated rings. The summed E-state index contributed by atoms with van der Waals surface area (Å²) in [6, 6.07) is 11.7. The van der Waals surface area contributed by atoms with Crippen LogP contribution in [0.1, 0.15) is 29.7 Å². The van der Waals surface area contributed by atoms with E-state index in [4.69, 9.17) is 11.5 Å². The molecule has 45 heavy (non-hydrogen) atoms. The minimum absolute atomic E-state index is 0.00736. The zero-order chi connectivity index (χ0) is 32.3. The average Bonchev–Trinajstić information content (AvgIpc) is 3.68. The number of nitrogens with one attached hydrogen (secondary N) is 5. The Hall–Kier alpha value is -5.50. The van der Waals surface area contributed by atoms with Crippen molar-refractivity contribution in [3.8, 4) is 0 Å².